The van der Waals surface area contributed by atoms with Crippen LogP contribution in [0.1, 0.15) is 31.2 Å². The van der Waals surface area contributed by atoms with Crippen LogP contribution in [0.3, 0.4) is 0 Å². The molecule has 6 nitrogen and oxygen atoms in total. The van der Waals surface area contributed by atoms with Crippen molar-refractivity contribution in [3.05, 3.63) is 48.4 Å². The maximum absolute atomic E-state index is 11.4. The van der Waals surface area contributed by atoms with Crippen molar-refractivity contribution in [3.63, 3.8) is 0 Å². The molecule has 0 unspecified atom stereocenters. The molecule has 5 rings (SSSR count). The lowest BCUT2D eigenvalue weighted by atomic mass is 9.62. The van der Waals surface area contributed by atoms with Gasteiger partial charge in [-0.05, 0) is 42.5 Å². The van der Waals surface area contributed by atoms with Crippen LogP contribution in [0.25, 0.3) is 16.8 Å². The Bertz CT molecular complexity index is 1060. The molecule has 2 fully saturated rings. The van der Waals surface area contributed by atoms with Crippen LogP contribution < -0.4 is 4.90 Å². The molecule has 4 heterocycles. The first-order chi connectivity index (χ1) is 13.2. The molecule has 1 aliphatic carbocycles. The molecule has 3 aromatic rings. The summed E-state index contributed by atoms with van der Waals surface area (Å²) in [7, 11) is 0. The fourth-order valence-electron chi connectivity index (χ4n) is 4.42. The molecular weight excluding hydrogens is 338 g/mol. The predicted octanol–water partition coefficient (Wildman–Crippen LogP) is 3.22. The molecule has 0 bridgehead atoms. The highest BCUT2D eigenvalue weighted by molar-refractivity contribution is 5.86. The van der Waals surface area contributed by atoms with Gasteiger partial charge in [-0.15, -0.1) is 0 Å². The summed E-state index contributed by atoms with van der Waals surface area (Å²) in [6, 6.07) is 10.1. The lowest BCUT2D eigenvalue weighted by Gasteiger charge is -2.47. The molecule has 0 amide bonds. The molecule has 1 spiro atoms. The number of nitrogens with zero attached hydrogens (tertiary/aromatic N) is 5. The van der Waals surface area contributed by atoms with Crippen molar-refractivity contribution in [1.82, 2.24) is 14.6 Å². The SMILES string of the molecule is N#Cc1c(-c2cccnc2)nn2cc(N3CCC4(CC3)CC(=O)C4)ccc12. The number of Topliss-reactive ketones (excluding diaryl/α,β-unsaturated/α-hetero) is 1. The lowest BCUT2D eigenvalue weighted by molar-refractivity contribution is -0.133. The van der Waals surface area contributed by atoms with Crippen LogP contribution >= 0.6 is 0 Å². The summed E-state index contributed by atoms with van der Waals surface area (Å²) < 4.78 is 1.80. The summed E-state index contributed by atoms with van der Waals surface area (Å²) in [4.78, 5) is 17.9. The van der Waals surface area contributed by atoms with Crippen LogP contribution in [0.5, 0.6) is 0 Å². The van der Waals surface area contributed by atoms with Crippen molar-refractivity contribution in [2.24, 2.45) is 5.41 Å². The number of aromatic nitrogens is 3. The highest BCUT2D eigenvalue weighted by Crippen LogP contribution is 2.47. The van der Waals surface area contributed by atoms with E-state index in [1.165, 1.54) is 0 Å². The number of rotatable bonds is 2. The van der Waals surface area contributed by atoms with E-state index in [0.29, 0.717) is 17.0 Å². The van der Waals surface area contributed by atoms with Crippen LogP contribution in [0, 0.1) is 16.7 Å². The zero-order valence-electron chi connectivity index (χ0n) is 14.9. The van der Waals surface area contributed by atoms with Gasteiger partial charge in [-0.25, -0.2) is 4.52 Å². The van der Waals surface area contributed by atoms with Crippen molar-refractivity contribution in [3.8, 4) is 17.3 Å². The monoisotopic (exact) mass is 357 g/mol. The van der Waals surface area contributed by atoms with Crippen LogP contribution in [0.4, 0.5) is 5.69 Å². The van der Waals surface area contributed by atoms with Crippen LogP contribution in [-0.2, 0) is 4.79 Å². The van der Waals surface area contributed by atoms with Gasteiger partial charge >= 0.3 is 0 Å². The molecule has 1 saturated carbocycles. The Hall–Kier alpha value is -3.20. The molecule has 0 aromatic carbocycles. The van der Waals surface area contributed by atoms with E-state index in [2.05, 4.69) is 27.1 Å². The van der Waals surface area contributed by atoms with E-state index < -0.39 is 0 Å². The van der Waals surface area contributed by atoms with Gasteiger partial charge in [0.05, 0.1) is 17.4 Å². The van der Waals surface area contributed by atoms with Gasteiger partial charge in [-0.2, -0.15) is 10.4 Å². The molecule has 0 radical (unpaired) electrons. The lowest BCUT2D eigenvalue weighted by Crippen LogP contribution is -2.47. The van der Waals surface area contributed by atoms with E-state index >= 15 is 0 Å². The quantitative estimate of drug-likeness (QED) is 0.704. The zero-order chi connectivity index (χ0) is 18.4. The average molecular weight is 357 g/mol. The van der Waals surface area contributed by atoms with E-state index in [1.54, 1.807) is 16.9 Å². The highest BCUT2D eigenvalue weighted by Gasteiger charge is 2.45. The fraction of sp³-hybridized carbons (Fsp3) is 0.333. The van der Waals surface area contributed by atoms with Crippen LogP contribution in [0.15, 0.2) is 42.9 Å². The second kappa shape index (κ2) is 5.92. The number of hydrogen-bond acceptors (Lipinski definition) is 5. The highest BCUT2D eigenvalue weighted by atomic mass is 16.1. The van der Waals surface area contributed by atoms with Gasteiger partial charge in [-0.1, -0.05) is 0 Å². The van der Waals surface area contributed by atoms with Gasteiger partial charge in [0.25, 0.3) is 0 Å². The van der Waals surface area contributed by atoms with Gasteiger partial charge < -0.3 is 4.90 Å². The van der Waals surface area contributed by atoms with Crippen molar-refractivity contribution >= 4 is 17.0 Å². The van der Waals surface area contributed by atoms with Crippen molar-refractivity contribution in [2.75, 3.05) is 18.0 Å². The minimum atomic E-state index is 0.269. The van der Waals surface area contributed by atoms with E-state index in [0.717, 1.165) is 55.5 Å². The zero-order valence-corrected chi connectivity index (χ0v) is 14.9. The van der Waals surface area contributed by atoms with E-state index in [1.807, 2.05) is 24.4 Å². The van der Waals surface area contributed by atoms with E-state index in [-0.39, 0.29) is 5.41 Å². The Balaban J connectivity index is 1.46. The first kappa shape index (κ1) is 16.0. The normalized spacial score (nSPS) is 18.5. The number of piperidine rings is 1. The summed E-state index contributed by atoms with van der Waals surface area (Å²) in [5.41, 5.74) is 4.25. The first-order valence-electron chi connectivity index (χ1n) is 9.27. The molecule has 1 aliphatic heterocycles. The Morgan fingerprint density at radius 1 is 1.15 bits per heavy atom. The van der Waals surface area contributed by atoms with Crippen molar-refractivity contribution in [1.29, 1.82) is 5.26 Å². The molecule has 134 valence electrons. The first-order valence-corrected chi connectivity index (χ1v) is 9.27. The summed E-state index contributed by atoms with van der Waals surface area (Å²) in [5, 5.41) is 14.3. The molecule has 27 heavy (non-hydrogen) atoms. The summed E-state index contributed by atoms with van der Waals surface area (Å²) in [5.74, 6) is 0.411. The Morgan fingerprint density at radius 2 is 1.96 bits per heavy atom. The third-order valence-corrected chi connectivity index (χ3v) is 5.99. The standard InChI is InChI=1S/C21H19N5O/c22-12-18-19-4-3-16(25-8-5-21(6-9-25)10-17(27)11-21)14-26(19)24-20(18)15-2-1-7-23-13-15/h1-4,7,13-14H,5-6,8-11H2. The largest absolute Gasteiger partial charge is 0.370 e. The number of hydrogen-bond donors (Lipinski definition) is 0. The maximum atomic E-state index is 11.4. The summed E-state index contributed by atoms with van der Waals surface area (Å²) in [6.45, 7) is 1.92. The minimum Gasteiger partial charge on any atom is -0.370 e. The summed E-state index contributed by atoms with van der Waals surface area (Å²) in [6.07, 6.45) is 9.11. The fourth-order valence-corrected chi connectivity index (χ4v) is 4.42. The van der Waals surface area contributed by atoms with Gasteiger partial charge in [0.2, 0.25) is 0 Å². The van der Waals surface area contributed by atoms with Crippen LogP contribution in [0.2, 0.25) is 0 Å². The maximum Gasteiger partial charge on any atom is 0.134 e. The number of anilines is 1. The molecule has 2 aliphatic rings. The third kappa shape index (κ3) is 2.58. The topological polar surface area (TPSA) is 74.3 Å². The summed E-state index contributed by atoms with van der Waals surface area (Å²) >= 11 is 0. The Kier molecular flexibility index (Phi) is 3.51. The number of nitriles is 1. The second-order valence-electron chi connectivity index (χ2n) is 7.67. The van der Waals surface area contributed by atoms with Crippen molar-refractivity contribution < 1.29 is 4.79 Å². The van der Waals surface area contributed by atoms with Gasteiger partial charge in [0.15, 0.2) is 0 Å². The average Bonchev–Trinajstić information content (AvgIpc) is 3.06. The van der Waals surface area contributed by atoms with Crippen molar-refractivity contribution in [2.45, 2.75) is 25.7 Å². The number of carbonyl (C=O) groups excluding carboxylic acids is 1. The van der Waals surface area contributed by atoms with Crippen LogP contribution in [-0.4, -0.2) is 33.5 Å². The minimum absolute atomic E-state index is 0.269. The molecule has 3 aromatic heterocycles. The molecule has 0 N–H and O–H groups in total. The smallest absolute Gasteiger partial charge is 0.134 e. The van der Waals surface area contributed by atoms with Gasteiger partial charge in [-0.3, -0.25) is 9.78 Å². The molecule has 1 saturated heterocycles. The Labute approximate surface area is 157 Å². The number of ketones is 1. The third-order valence-electron chi connectivity index (χ3n) is 5.99. The van der Waals surface area contributed by atoms with E-state index in [9.17, 15) is 10.1 Å². The molecule has 0 atom stereocenters. The number of pyridine rings is 2. The Morgan fingerprint density at radius 3 is 2.63 bits per heavy atom. The predicted molar refractivity (Wildman–Crippen MR) is 101 cm³/mol. The molecular formula is C21H19N5O. The van der Waals surface area contributed by atoms with Gasteiger partial charge in [0, 0.05) is 43.9 Å². The molecule has 6 heteroatoms. The van der Waals surface area contributed by atoms with E-state index in [4.69, 9.17) is 0 Å². The van der Waals surface area contributed by atoms with Gasteiger partial charge in [0.1, 0.15) is 23.1 Å². The number of carbonyl (C=O) groups is 1. The second-order valence-corrected chi connectivity index (χ2v) is 7.67. The number of fused-ring (bicyclic) bond motifs is 1.